The summed E-state index contributed by atoms with van der Waals surface area (Å²) in [4.78, 5) is 21.4. The molecule has 8 heteroatoms. The highest BCUT2D eigenvalue weighted by Crippen LogP contribution is 2.36. The molecule has 3 heterocycles. The molecule has 3 aromatic rings. The van der Waals surface area contributed by atoms with Crippen LogP contribution in [0.4, 0.5) is 9.18 Å². The third kappa shape index (κ3) is 4.54. The monoisotopic (exact) mass is 423 g/mol. The second-order valence-corrected chi connectivity index (χ2v) is 7.43. The van der Waals surface area contributed by atoms with Crippen LogP contribution in [0.1, 0.15) is 12.1 Å². The maximum absolute atomic E-state index is 13.9. The summed E-state index contributed by atoms with van der Waals surface area (Å²) in [5, 5.41) is 6.29. The largest absolute Gasteiger partial charge is 0.496 e. The summed E-state index contributed by atoms with van der Waals surface area (Å²) < 4.78 is 19.4. The fraction of sp³-hybridized carbons (Fsp3) is 0.304. The van der Waals surface area contributed by atoms with Gasteiger partial charge in [-0.05, 0) is 47.9 Å². The lowest BCUT2D eigenvalue weighted by Crippen LogP contribution is -2.40. The van der Waals surface area contributed by atoms with E-state index in [0.717, 1.165) is 48.3 Å². The third-order valence-electron chi connectivity index (χ3n) is 5.56. The van der Waals surface area contributed by atoms with Gasteiger partial charge in [0.25, 0.3) is 0 Å². The number of pyridine rings is 1. The fourth-order valence-corrected chi connectivity index (χ4v) is 3.90. The predicted octanol–water partition coefficient (Wildman–Crippen LogP) is 3.40. The fourth-order valence-electron chi connectivity index (χ4n) is 3.90. The number of carbonyl (C=O) groups is 1. The van der Waals surface area contributed by atoms with Crippen LogP contribution in [0.25, 0.3) is 27.7 Å². The number of ether oxygens (including phenoxy) is 1. The number of halogens is 1. The van der Waals surface area contributed by atoms with E-state index in [-0.39, 0.29) is 11.8 Å². The van der Waals surface area contributed by atoms with Gasteiger partial charge < -0.3 is 20.4 Å². The lowest BCUT2D eigenvalue weighted by molar-refractivity contribution is 0.239. The number of carbonyl (C=O) groups excluding carboxylic acids is 1. The SMILES string of the molecule is CNC(=O)NCCN1CC=C(c2cc3c(-c4cc(F)ccc4OC)ccnc3[nH]2)CC1. The lowest BCUT2D eigenvalue weighted by atomic mass is 10.0. The van der Waals surface area contributed by atoms with E-state index in [4.69, 9.17) is 4.74 Å². The van der Waals surface area contributed by atoms with Crippen molar-refractivity contribution in [1.29, 1.82) is 0 Å². The van der Waals surface area contributed by atoms with Crippen molar-refractivity contribution in [2.45, 2.75) is 6.42 Å². The van der Waals surface area contributed by atoms with E-state index >= 15 is 0 Å². The van der Waals surface area contributed by atoms with Gasteiger partial charge in [0.2, 0.25) is 0 Å². The summed E-state index contributed by atoms with van der Waals surface area (Å²) in [5.41, 5.74) is 4.59. The van der Waals surface area contributed by atoms with E-state index in [2.05, 4.69) is 37.6 Å². The highest BCUT2D eigenvalue weighted by molar-refractivity contribution is 5.96. The first-order valence-electron chi connectivity index (χ1n) is 10.3. The van der Waals surface area contributed by atoms with Crippen molar-refractivity contribution in [3.8, 4) is 16.9 Å². The van der Waals surface area contributed by atoms with Crippen LogP contribution in [0.15, 0.2) is 42.6 Å². The molecule has 4 rings (SSSR count). The van der Waals surface area contributed by atoms with E-state index in [9.17, 15) is 9.18 Å². The number of fused-ring (bicyclic) bond motifs is 1. The summed E-state index contributed by atoms with van der Waals surface area (Å²) >= 11 is 0. The van der Waals surface area contributed by atoms with Crippen LogP contribution in [0.5, 0.6) is 5.75 Å². The number of amides is 2. The summed E-state index contributed by atoms with van der Waals surface area (Å²) in [6, 6.07) is 8.33. The van der Waals surface area contributed by atoms with Gasteiger partial charge in [0, 0.05) is 56.1 Å². The van der Waals surface area contributed by atoms with Gasteiger partial charge in [0.15, 0.2) is 0 Å². The number of rotatable bonds is 6. The highest BCUT2D eigenvalue weighted by atomic mass is 19.1. The number of hydrogen-bond acceptors (Lipinski definition) is 4. The van der Waals surface area contributed by atoms with Crippen molar-refractivity contribution < 1.29 is 13.9 Å². The molecule has 0 saturated carbocycles. The Bertz CT molecular complexity index is 1120. The Morgan fingerprint density at radius 3 is 2.90 bits per heavy atom. The Kier molecular flexibility index (Phi) is 6.18. The average molecular weight is 423 g/mol. The van der Waals surface area contributed by atoms with Crippen molar-refractivity contribution >= 4 is 22.6 Å². The maximum Gasteiger partial charge on any atom is 0.314 e. The Morgan fingerprint density at radius 1 is 1.29 bits per heavy atom. The number of nitrogens with zero attached hydrogens (tertiary/aromatic N) is 2. The lowest BCUT2D eigenvalue weighted by Gasteiger charge is -2.26. The summed E-state index contributed by atoms with van der Waals surface area (Å²) in [6.07, 6.45) is 4.82. The minimum Gasteiger partial charge on any atom is -0.496 e. The molecular weight excluding hydrogens is 397 g/mol. The third-order valence-corrected chi connectivity index (χ3v) is 5.56. The molecule has 31 heavy (non-hydrogen) atoms. The number of hydrogen-bond donors (Lipinski definition) is 3. The molecule has 0 spiro atoms. The highest BCUT2D eigenvalue weighted by Gasteiger charge is 2.17. The van der Waals surface area contributed by atoms with Crippen LogP contribution in [0.3, 0.4) is 0 Å². The zero-order valence-electron chi connectivity index (χ0n) is 17.7. The molecule has 0 saturated heterocycles. The predicted molar refractivity (Wildman–Crippen MR) is 120 cm³/mol. The summed E-state index contributed by atoms with van der Waals surface area (Å²) in [5.74, 6) is 0.312. The van der Waals surface area contributed by atoms with Gasteiger partial charge in [-0.15, -0.1) is 0 Å². The van der Waals surface area contributed by atoms with Gasteiger partial charge in [-0.3, -0.25) is 4.90 Å². The van der Waals surface area contributed by atoms with E-state index in [1.807, 2.05) is 6.07 Å². The van der Waals surface area contributed by atoms with Crippen LogP contribution in [0.2, 0.25) is 0 Å². The molecule has 1 aliphatic heterocycles. The molecule has 2 amide bonds. The molecule has 0 fully saturated rings. The van der Waals surface area contributed by atoms with Crippen molar-refractivity contribution in [2.75, 3.05) is 40.3 Å². The van der Waals surface area contributed by atoms with Gasteiger partial charge in [-0.2, -0.15) is 0 Å². The minimum absolute atomic E-state index is 0.162. The molecule has 1 aliphatic rings. The quantitative estimate of drug-likeness (QED) is 0.568. The van der Waals surface area contributed by atoms with E-state index in [1.165, 1.54) is 17.7 Å². The smallest absolute Gasteiger partial charge is 0.314 e. The first-order chi connectivity index (χ1) is 15.1. The van der Waals surface area contributed by atoms with Crippen molar-refractivity contribution in [3.63, 3.8) is 0 Å². The normalized spacial score (nSPS) is 14.4. The van der Waals surface area contributed by atoms with Crippen molar-refractivity contribution in [1.82, 2.24) is 25.5 Å². The van der Waals surface area contributed by atoms with Crippen molar-refractivity contribution in [3.05, 3.63) is 54.1 Å². The van der Waals surface area contributed by atoms with Crippen LogP contribution in [-0.4, -0.2) is 61.2 Å². The van der Waals surface area contributed by atoms with Gasteiger partial charge >= 0.3 is 6.03 Å². The first kappa shape index (κ1) is 20.9. The Hall–Kier alpha value is -3.39. The maximum atomic E-state index is 13.9. The molecule has 0 bridgehead atoms. The number of aromatic amines is 1. The standard InChI is InChI=1S/C23H26FN5O2/c1-25-23(30)27-9-12-29-10-6-15(7-11-29)20-14-19-17(5-8-26-22(19)28-20)18-13-16(24)3-4-21(18)31-2/h3-6,8,13-14H,7,9-12H2,1-2H3,(H,26,28)(H2,25,27,30). The van der Waals surface area contributed by atoms with E-state index in [1.54, 1.807) is 26.4 Å². The van der Waals surface area contributed by atoms with E-state index < -0.39 is 0 Å². The summed E-state index contributed by atoms with van der Waals surface area (Å²) in [6.45, 7) is 3.14. The van der Waals surface area contributed by atoms with Crippen molar-refractivity contribution in [2.24, 2.45) is 0 Å². The number of aromatic nitrogens is 2. The van der Waals surface area contributed by atoms with Crippen LogP contribution in [-0.2, 0) is 0 Å². The number of H-pyrrole nitrogens is 1. The molecule has 0 aliphatic carbocycles. The van der Waals surface area contributed by atoms with Gasteiger partial charge in [-0.25, -0.2) is 14.2 Å². The second kappa shape index (κ2) is 9.18. The van der Waals surface area contributed by atoms with Gasteiger partial charge in [0.05, 0.1) is 7.11 Å². The molecule has 162 valence electrons. The topological polar surface area (TPSA) is 82.3 Å². The molecule has 7 nitrogen and oxygen atoms in total. The zero-order valence-corrected chi connectivity index (χ0v) is 17.7. The first-order valence-corrected chi connectivity index (χ1v) is 10.3. The number of benzene rings is 1. The molecular formula is C23H26FN5O2. The number of nitrogens with one attached hydrogen (secondary N) is 3. The van der Waals surface area contributed by atoms with Crippen LogP contribution >= 0.6 is 0 Å². The Labute approximate surface area is 180 Å². The molecule has 1 aromatic carbocycles. The Balaban J connectivity index is 1.55. The summed E-state index contributed by atoms with van der Waals surface area (Å²) in [7, 11) is 3.19. The Morgan fingerprint density at radius 2 is 2.16 bits per heavy atom. The zero-order chi connectivity index (χ0) is 21.8. The molecule has 0 atom stereocenters. The van der Waals surface area contributed by atoms with E-state index in [0.29, 0.717) is 17.9 Å². The molecule has 0 unspecified atom stereocenters. The number of methoxy groups -OCH3 is 1. The molecule has 3 N–H and O–H groups in total. The second-order valence-electron chi connectivity index (χ2n) is 7.43. The molecule has 0 radical (unpaired) electrons. The minimum atomic E-state index is -0.308. The average Bonchev–Trinajstić information content (AvgIpc) is 3.24. The number of urea groups is 1. The van der Waals surface area contributed by atoms with Gasteiger partial charge in [-0.1, -0.05) is 6.08 Å². The van der Waals surface area contributed by atoms with Crippen LogP contribution < -0.4 is 15.4 Å². The van der Waals surface area contributed by atoms with Crippen LogP contribution in [0, 0.1) is 5.82 Å². The van der Waals surface area contributed by atoms with Gasteiger partial charge in [0.1, 0.15) is 17.2 Å². The molecule has 2 aromatic heterocycles.